The smallest absolute Gasteiger partial charge is 0.0534 e. The van der Waals surface area contributed by atoms with E-state index in [4.69, 9.17) is 0 Å². The minimum Gasteiger partial charge on any atom is -0.311 e. The molecular weight excluding hydrogens is 260 g/mol. The van der Waals surface area contributed by atoms with Gasteiger partial charge in [0.15, 0.2) is 0 Å². The van der Waals surface area contributed by atoms with Gasteiger partial charge >= 0.3 is 0 Å². The first-order valence-corrected chi connectivity index (χ1v) is 8.53. The van der Waals surface area contributed by atoms with Crippen molar-refractivity contribution in [2.24, 2.45) is 11.8 Å². The van der Waals surface area contributed by atoms with E-state index in [1.165, 1.54) is 12.0 Å². The van der Waals surface area contributed by atoms with Crippen LogP contribution >= 0.6 is 0 Å². The molecule has 21 heavy (non-hydrogen) atoms. The molecule has 1 aromatic heterocycles. The molecule has 4 heteroatoms. The number of nitrogens with zero attached hydrogens (tertiary/aromatic N) is 3. The third kappa shape index (κ3) is 4.07. The molecule has 0 radical (unpaired) electrons. The van der Waals surface area contributed by atoms with Crippen LogP contribution in [0, 0.1) is 11.8 Å². The van der Waals surface area contributed by atoms with Crippen LogP contribution in [0.1, 0.15) is 46.6 Å². The van der Waals surface area contributed by atoms with Gasteiger partial charge in [-0.1, -0.05) is 34.1 Å². The van der Waals surface area contributed by atoms with Crippen molar-refractivity contribution in [2.45, 2.75) is 66.2 Å². The maximum Gasteiger partial charge on any atom is 0.0534 e. The lowest BCUT2D eigenvalue weighted by atomic mass is 9.91. The lowest BCUT2D eigenvalue weighted by molar-refractivity contribution is 0.0722. The largest absolute Gasteiger partial charge is 0.311 e. The summed E-state index contributed by atoms with van der Waals surface area (Å²) in [5.74, 6) is 1.41. The normalized spacial score (nSPS) is 25.4. The topological polar surface area (TPSA) is 33.1 Å². The Bertz CT molecular complexity index is 426. The molecule has 1 N–H and O–H groups in total. The van der Waals surface area contributed by atoms with Crippen molar-refractivity contribution >= 4 is 0 Å². The van der Waals surface area contributed by atoms with Crippen LogP contribution in [0.3, 0.4) is 0 Å². The maximum absolute atomic E-state index is 4.42. The molecule has 1 aliphatic heterocycles. The van der Waals surface area contributed by atoms with Gasteiger partial charge in [0.2, 0.25) is 0 Å². The van der Waals surface area contributed by atoms with Crippen molar-refractivity contribution in [2.75, 3.05) is 13.1 Å². The molecule has 2 rings (SSSR count). The highest BCUT2D eigenvalue weighted by atomic mass is 15.3. The molecular formula is C17H32N4. The molecule has 3 atom stereocenters. The molecule has 1 aromatic rings. The van der Waals surface area contributed by atoms with E-state index in [-0.39, 0.29) is 0 Å². The Morgan fingerprint density at radius 2 is 2.10 bits per heavy atom. The zero-order valence-corrected chi connectivity index (χ0v) is 14.3. The number of hydrogen-bond acceptors (Lipinski definition) is 3. The molecule has 1 saturated heterocycles. The third-order valence-corrected chi connectivity index (χ3v) is 4.99. The quantitative estimate of drug-likeness (QED) is 0.875. The number of hydrogen-bond donors (Lipinski definition) is 1. The van der Waals surface area contributed by atoms with Crippen LogP contribution in [0.4, 0.5) is 0 Å². The summed E-state index contributed by atoms with van der Waals surface area (Å²) >= 11 is 0. The number of aryl methyl sites for hydroxylation is 1. The minimum atomic E-state index is 0.603. The van der Waals surface area contributed by atoms with Crippen molar-refractivity contribution in [3.05, 3.63) is 18.0 Å². The molecule has 0 spiro atoms. The Hall–Kier alpha value is -0.870. The minimum absolute atomic E-state index is 0.603. The van der Waals surface area contributed by atoms with E-state index in [0.29, 0.717) is 18.0 Å². The van der Waals surface area contributed by atoms with E-state index in [1.807, 2.05) is 10.9 Å². The van der Waals surface area contributed by atoms with Gasteiger partial charge in [0.25, 0.3) is 0 Å². The van der Waals surface area contributed by atoms with Crippen LogP contribution in [0.5, 0.6) is 0 Å². The molecule has 0 bridgehead atoms. The average molecular weight is 292 g/mol. The van der Waals surface area contributed by atoms with Crippen molar-refractivity contribution in [1.29, 1.82) is 0 Å². The molecule has 4 nitrogen and oxygen atoms in total. The summed E-state index contributed by atoms with van der Waals surface area (Å²) in [4.78, 5) is 2.67. The number of nitrogens with one attached hydrogen (secondary N) is 1. The Labute approximate surface area is 129 Å². The van der Waals surface area contributed by atoms with Crippen LogP contribution in [0.15, 0.2) is 12.4 Å². The number of piperazine rings is 1. The molecule has 1 aliphatic rings. The predicted molar refractivity (Wildman–Crippen MR) is 88.2 cm³/mol. The van der Waals surface area contributed by atoms with Crippen molar-refractivity contribution in [1.82, 2.24) is 20.0 Å². The molecule has 3 unspecified atom stereocenters. The first-order valence-electron chi connectivity index (χ1n) is 8.53. The van der Waals surface area contributed by atoms with Gasteiger partial charge in [-0.25, -0.2) is 0 Å². The first-order chi connectivity index (χ1) is 10.0. The Morgan fingerprint density at radius 1 is 1.33 bits per heavy atom. The van der Waals surface area contributed by atoms with Crippen molar-refractivity contribution in [3.8, 4) is 0 Å². The highest BCUT2D eigenvalue weighted by molar-refractivity contribution is 5.05. The molecule has 2 heterocycles. The van der Waals surface area contributed by atoms with E-state index < -0.39 is 0 Å². The zero-order chi connectivity index (χ0) is 15.4. The van der Waals surface area contributed by atoms with Crippen LogP contribution in [0.25, 0.3) is 0 Å². The van der Waals surface area contributed by atoms with Crippen molar-refractivity contribution in [3.63, 3.8) is 0 Å². The molecule has 0 aromatic carbocycles. The van der Waals surface area contributed by atoms with E-state index in [0.717, 1.165) is 32.1 Å². The van der Waals surface area contributed by atoms with Gasteiger partial charge in [0.05, 0.1) is 6.20 Å². The fraction of sp³-hybridized carbons (Fsp3) is 0.824. The van der Waals surface area contributed by atoms with Gasteiger partial charge < -0.3 is 5.32 Å². The van der Waals surface area contributed by atoms with Crippen molar-refractivity contribution < 1.29 is 0 Å². The molecule has 0 aliphatic carbocycles. The summed E-state index contributed by atoms with van der Waals surface area (Å²) in [7, 11) is 0. The highest BCUT2D eigenvalue weighted by Crippen LogP contribution is 2.22. The summed E-state index contributed by atoms with van der Waals surface area (Å²) in [6.45, 7) is 15.7. The SMILES string of the molecule is CCC(C)C1CNC(C(C)C)CN1Cc1cnn(CC)c1. The van der Waals surface area contributed by atoms with Gasteiger partial charge in [-0.2, -0.15) is 5.10 Å². The summed E-state index contributed by atoms with van der Waals surface area (Å²) in [5.41, 5.74) is 1.34. The highest BCUT2D eigenvalue weighted by Gasteiger charge is 2.32. The van der Waals surface area contributed by atoms with E-state index in [1.54, 1.807) is 0 Å². The van der Waals surface area contributed by atoms with Gasteiger partial charge in [-0.05, 0) is 18.8 Å². The monoisotopic (exact) mass is 292 g/mol. The molecule has 120 valence electrons. The lowest BCUT2D eigenvalue weighted by Gasteiger charge is -2.44. The second-order valence-electron chi connectivity index (χ2n) is 6.85. The predicted octanol–water partition coefficient (Wildman–Crippen LogP) is 2.75. The number of aromatic nitrogens is 2. The summed E-state index contributed by atoms with van der Waals surface area (Å²) < 4.78 is 2.02. The summed E-state index contributed by atoms with van der Waals surface area (Å²) in [5, 5.41) is 8.17. The Morgan fingerprint density at radius 3 is 2.67 bits per heavy atom. The fourth-order valence-electron chi connectivity index (χ4n) is 3.21. The van der Waals surface area contributed by atoms with Gasteiger partial charge in [-0.3, -0.25) is 9.58 Å². The van der Waals surface area contributed by atoms with Crippen LogP contribution in [0.2, 0.25) is 0 Å². The van der Waals surface area contributed by atoms with Crippen LogP contribution in [-0.2, 0) is 13.1 Å². The maximum atomic E-state index is 4.42. The lowest BCUT2D eigenvalue weighted by Crippen LogP contribution is -2.59. The van der Waals surface area contributed by atoms with Crippen LogP contribution < -0.4 is 5.32 Å². The van der Waals surface area contributed by atoms with E-state index >= 15 is 0 Å². The zero-order valence-electron chi connectivity index (χ0n) is 14.3. The standard InChI is InChI=1S/C17H32N4/c1-6-14(5)17-9-18-16(13(3)4)12-20(17)10-15-8-19-21(7-2)11-15/h8,11,13-14,16-18H,6-7,9-10,12H2,1-5H3. The summed E-state index contributed by atoms with van der Waals surface area (Å²) in [6, 6.07) is 1.24. The Balaban J connectivity index is 2.08. The van der Waals surface area contributed by atoms with Crippen LogP contribution in [-0.4, -0.2) is 39.9 Å². The first kappa shape index (κ1) is 16.5. The molecule has 0 saturated carbocycles. The molecule has 0 amide bonds. The second-order valence-corrected chi connectivity index (χ2v) is 6.85. The fourth-order valence-corrected chi connectivity index (χ4v) is 3.21. The van der Waals surface area contributed by atoms with E-state index in [9.17, 15) is 0 Å². The third-order valence-electron chi connectivity index (χ3n) is 4.99. The average Bonchev–Trinajstić information content (AvgIpc) is 2.94. The molecule has 1 fully saturated rings. The summed E-state index contributed by atoms with van der Waals surface area (Å²) in [6.07, 6.45) is 5.47. The number of rotatable bonds is 6. The second kappa shape index (κ2) is 7.41. The van der Waals surface area contributed by atoms with Gasteiger partial charge in [0, 0.05) is 50.0 Å². The van der Waals surface area contributed by atoms with Gasteiger partial charge in [-0.15, -0.1) is 0 Å². The Kier molecular flexibility index (Phi) is 5.82. The van der Waals surface area contributed by atoms with E-state index in [2.05, 4.69) is 56.1 Å². The van der Waals surface area contributed by atoms with Gasteiger partial charge in [0.1, 0.15) is 0 Å².